The molecule has 108 valence electrons. The lowest BCUT2D eigenvalue weighted by molar-refractivity contribution is -0.147. The van der Waals surface area contributed by atoms with E-state index in [1.807, 2.05) is 0 Å². The van der Waals surface area contributed by atoms with Gasteiger partial charge in [0.1, 0.15) is 5.41 Å². The molecule has 19 heavy (non-hydrogen) atoms. The van der Waals surface area contributed by atoms with Crippen molar-refractivity contribution < 1.29 is 19.8 Å². The molecular weight excluding hydrogens is 244 g/mol. The predicted molar refractivity (Wildman–Crippen MR) is 75.0 cm³/mol. The van der Waals surface area contributed by atoms with Gasteiger partial charge < -0.3 is 10.2 Å². The second kappa shape index (κ2) is 6.55. The van der Waals surface area contributed by atoms with E-state index in [1.165, 1.54) is 6.08 Å². The van der Waals surface area contributed by atoms with Crippen molar-refractivity contribution in [2.24, 2.45) is 10.8 Å². The van der Waals surface area contributed by atoms with Gasteiger partial charge in [-0.1, -0.05) is 46.3 Å². The average Bonchev–Trinajstić information content (AvgIpc) is 2.27. The molecule has 1 unspecified atom stereocenters. The van der Waals surface area contributed by atoms with Gasteiger partial charge in [0.05, 0.1) is 5.57 Å². The first-order chi connectivity index (χ1) is 8.57. The Balaban J connectivity index is 4.81. The standard InChI is InChI=1S/C15H24O4/c1-6-15(13(18)19,11(2)12(16)17)10-8-7-9-14(3,4)5/h6H,1-2,7-10H2,3-5H3,(H,16,17)(H,18,19). The van der Waals surface area contributed by atoms with E-state index in [1.54, 1.807) is 0 Å². The van der Waals surface area contributed by atoms with E-state index in [2.05, 4.69) is 33.9 Å². The highest BCUT2D eigenvalue weighted by Crippen LogP contribution is 2.35. The Morgan fingerprint density at radius 1 is 1.11 bits per heavy atom. The summed E-state index contributed by atoms with van der Waals surface area (Å²) in [6.07, 6.45) is 3.83. The third-order valence-electron chi connectivity index (χ3n) is 3.27. The van der Waals surface area contributed by atoms with Crippen LogP contribution in [0, 0.1) is 10.8 Å². The topological polar surface area (TPSA) is 74.6 Å². The quantitative estimate of drug-likeness (QED) is 0.401. The van der Waals surface area contributed by atoms with Crippen LogP contribution in [0.5, 0.6) is 0 Å². The molecule has 0 saturated carbocycles. The average molecular weight is 268 g/mol. The minimum Gasteiger partial charge on any atom is -0.480 e. The normalized spacial score (nSPS) is 14.5. The molecule has 0 saturated heterocycles. The Labute approximate surface area is 114 Å². The number of carboxylic acids is 2. The van der Waals surface area contributed by atoms with Crippen LogP contribution in [-0.2, 0) is 9.59 Å². The minimum absolute atomic E-state index is 0.184. The highest BCUT2D eigenvalue weighted by atomic mass is 16.4. The molecule has 0 amide bonds. The van der Waals surface area contributed by atoms with E-state index >= 15 is 0 Å². The number of carboxylic acid groups (broad SMARTS) is 2. The maximum Gasteiger partial charge on any atom is 0.332 e. The zero-order valence-corrected chi connectivity index (χ0v) is 12.0. The van der Waals surface area contributed by atoms with Crippen LogP contribution < -0.4 is 0 Å². The number of hydrogen-bond donors (Lipinski definition) is 2. The predicted octanol–water partition coefficient (Wildman–Crippen LogP) is 3.49. The number of rotatable bonds is 8. The maximum atomic E-state index is 11.4. The smallest absolute Gasteiger partial charge is 0.332 e. The molecule has 0 bridgehead atoms. The maximum absolute atomic E-state index is 11.4. The van der Waals surface area contributed by atoms with E-state index in [0.717, 1.165) is 12.8 Å². The van der Waals surface area contributed by atoms with E-state index in [4.69, 9.17) is 5.11 Å². The summed E-state index contributed by atoms with van der Waals surface area (Å²) in [4.78, 5) is 22.4. The third-order valence-corrected chi connectivity index (χ3v) is 3.27. The summed E-state index contributed by atoms with van der Waals surface area (Å²) >= 11 is 0. The van der Waals surface area contributed by atoms with Crippen molar-refractivity contribution in [3.63, 3.8) is 0 Å². The molecule has 0 aliphatic rings. The fourth-order valence-corrected chi connectivity index (χ4v) is 1.95. The van der Waals surface area contributed by atoms with Gasteiger partial charge >= 0.3 is 11.9 Å². The van der Waals surface area contributed by atoms with Crippen molar-refractivity contribution in [1.29, 1.82) is 0 Å². The number of unbranched alkanes of at least 4 members (excludes halogenated alkanes) is 1. The molecule has 4 nitrogen and oxygen atoms in total. The molecule has 2 N–H and O–H groups in total. The van der Waals surface area contributed by atoms with Crippen LogP contribution in [0.25, 0.3) is 0 Å². The van der Waals surface area contributed by atoms with Crippen LogP contribution in [0.2, 0.25) is 0 Å². The Morgan fingerprint density at radius 3 is 1.89 bits per heavy atom. The van der Waals surface area contributed by atoms with E-state index in [9.17, 15) is 14.7 Å². The SMILES string of the molecule is C=CC(CCCCC(C)(C)C)(C(=C)C(=O)O)C(=O)O. The van der Waals surface area contributed by atoms with Gasteiger partial charge in [-0.05, 0) is 18.3 Å². The van der Waals surface area contributed by atoms with Crippen LogP contribution in [0.3, 0.4) is 0 Å². The fraction of sp³-hybridized carbons (Fsp3) is 0.600. The van der Waals surface area contributed by atoms with E-state index < -0.39 is 17.4 Å². The van der Waals surface area contributed by atoms with Crippen LogP contribution >= 0.6 is 0 Å². The second-order valence-corrected chi connectivity index (χ2v) is 6.03. The number of hydrogen-bond acceptors (Lipinski definition) is 2. The second-order valence-electron chi connectivity index (χ2n) is 6.03. The number of aliphatic carboxylic acids is 2. The summed E-state index contributed by atoms with van der Waals surface area (Å²) in [6, 6.07) is 0. The Bertz CT molecular complexity index is 376. The molecule has 0 rings (SSSR count). The van der Waals surface area contributed by atoms with Crippen LogP contribution in [-0.4, -0.2) is 22.2 Å². The van der Waals surface area contributed by atoms with Gasteiger partial charge in [0.25, 0.3) is 0 Å². The molecule has 0 aromatic rings. The van der Waals surface area contributed by atoms with E-state index in [-0.39, 0.29) is 17.4 Å². The molecule has 0 aliphatic heterocycles. The highest BCUT2D eigenvalue weighted by Gasteiger charge is 2.41. The van der Waals surface area contributed by atoms with Gasteiger partial charge in [0.2, 0.25) is 0 Å². The molecule has 0 radical (unpaired) electrons. The van der Waals surface area contributed by atoms with Gasteiger partial charge in [-0.25, -0.2) is 4.79 Å². The molecule has 0 fully saturated rings. The zero-order chi connectivity index (χ0) is 15.3. The van der Waals surface area contributed by atoms with Gasteiger partial charge in [-0.15, -0.1) is 6.58 Å². The molecule has 0 aromatic heterocycles. The molecule has 4 heteroatoms. The molecular formula is C15H24O4. The lowest BCUT2D eigenvalue weighted by Crippen LogP contribution is -2.34. The molecule has 0 aliphatic carbocycles. The summed E-state index contributed by atoms with van der Waals surface area (Å²) in [5, 5.41) is 18.3. The minimum atomic E-state index is -1.57. The van der Waals surface area contributed by atoms with E-state index in [0.29, 0.717) is 6.42 Å². The van der Waals surface area contributed by atoms with Gasteiger partial charge in [-0.2, -0.15) is 0 Å². The van der Waals surface area contributed by atoms with Crippen molar-refractivity contribution in [2.75, 3.05) is 0 Å². The Morgan fingerprint density at radius 2 is 1.58 bits per heavy atom. The zero-order valence-electron chi connectivity index (χ0n) is 12.0. The summed E-state index contributed by atoms with van der Waals surface area (Å²) in [5.74, 6) is -2.50. The van der Waals surface area contributed by atoms with Gasteiger partial charge in [0.15, 0.2) is 0 Å². The Hall–Kier alpha value is -1.58. The fourth-order valence-electron chi connectivity index (χ4n) is 1.95. The third kappa shape index (κ3) is 4.89. The lowest BCUT2D eigenvalue weighted by atomic mass is 9.76. The summed E-state index contributed by atoms with van der Waals surface area (Å²) in [7, 11) is 0. The number of carbonyl (C=O) groups is 2. The first kappa shape index (κ1) is 17.4. The summed E-state index contributed by atoms with van der Waals surface area (Å²) in [5.41, 5.74) is -1.71. The Kier molecular flexibility index (Phi) is 6.00. The van der Waals surface area contributed by atoms with Crippen LogP contribution in [0.1, 0.15) is 46.5 Å². The van der Waals surface area contributed by atoms with Gasteiger partial charge in [0, 0.05) is 0 Å². The van der Waals surface area contributed by atoms with Crippen molar-refractivity contribution in [1.82, 2.24) is 0 Å². The highest BCUT2D eigenvalue weighted by molar-refractivity contribution is 5.97. The summed E-state index contributed by atoms with van der Waals surface area (Å²) in [6.45, 7) is 13.2. The van der Waals surface area contributed by atoms with Crippen molar-refractivity contribution >= 4 is 11.9 Å². The largest absolute Gasteiger partial charge is 0.480 e. The lowest BCUT2D eigenvalue weighted by Gasteiger charge is -2.26. The molecule has 0 aromatic carbocycles. The van der Waals surface area contributed by atoms with Crippen LogP contribution in [0.4, 0.5) is 0 Å². The van der Waals surface area contributed by atoms with Crippen LogP contribution in [0.15, 0.2) is 24.8 Å². The van der Waals surface area contributed by atoms with Gasteiger partial charge in [-0.3, -0.25) is 4.79 Å². The molecule has 1 atom stereocenters. The first-order valence-corrected chi connectivity index (χ1v) is 6.36. The van der Waals surface area contributed by atoms with Crippen molar-refractivity contribution in [3.05, 3.63) is 24.8 Å². The van der Waals surface area contributed by atoms with Crippen molar-refractivity contribution in [3.8, 4) is 0 Å². The molecule has 0 heterocycles. The monoisotopic (exact) mass is 268 g/mol. The first-order valence-electron chi connectivity index (χ1n) is 6.36. The molecule has 0 spiro atoms. The summed E-state index contributed by atoms with van der Waals surface area (Å²) < 4.78 is 0. The van der Waals surface area contributed by atoms with Crippen molar-refractivity contribution in [2.45, 2.75) is 46.5 Å².